The van der Waals surface area contributed by atoms with Gasteiger partial charge in [0.1, 0.15) is 17.2 Å². The molecule has 32 heavy (non-hydrogen) atoms. The molecule has 0 spiro atoms. The maximum absolute atomic E-state index is 12.7. The second kappa shape index (κ2) is 11.3. The summed E-state index contributed by atoms with van der Waals surface area (Å²) < 4.78 is 16.8. The van der Waals surface area contributed by atoms with E-state index in [1.54, 1.807) is 51.1 Å². The van der Waals surface area contributed by atoms with Crippen LogP contribution in [0.4, 0.5) is 0 Å². The van der Waals surface area contributed by atoms with E-state index < -0.39 is 5.41 Å². The van der Waals surface area contributed by atoms with Crippen molar-refractivity contribution in [2.24, 2.45) is 5.41 Å². The summed E-state index contributed by atoms with van der Waals surface area (Å²) in [7, 11) is 0. The molecule has 5 nitrogen and oxygen atoms in total. The van der Waals surface area contributed by atoms with Crippen LogP contribution < -0.4 is 14.2 Å². The predicted molar refractivity (Wildman–Crippen MR) is 128 cm³/mol. The van der Waals surface area contributed by atoms with Gasteiger partial charge in [-0.2, -0.15) is 0 Å². The molecule has 2 aromatic rings. The first-order chi connectivity index (χ1) is 15.2. The third kappa shape index (κ3) is 6.84. The smallest absolute Gasteiger partial charge is 0.316 e. The highest BCUT2D eigenvalue weighted by Crippen LogP contribution is 2.31. The molecule has 0 amide bonds. The highest BCUT2D eigenvalue weighted by Gasteiger charge is 2.23. The number of carbonyl (C=O) groups is 2. The minimum Gasteiger partial charge on any atom is -0.493 e. The van der Waals surface area contributed by atoms with Crippen molar-refractivity contribution in [3.63, 3.8) is 0 Å². The summed E-state index contributed by atoms with van der Waals surface area (Å²) in [4.78, 5) is 24.7. The molecule has 0 aromatic heterocycles. The fraction of sp³-hybridized carbons (Fsp3) is 0.333. The number of carbonyl (C=O) groups excluding carboxylic acids is 2. The van der Waals surface area contributed by atoms with Crippen molar-refractivity contribution in [2.75, 3.05) is 13.2 Å². The molecule has 0 saturated heterocycles. The molecule has 5 heteroatoms. The van der Waals surface area contributed by atoms with Gasteiger partial charge >= 0.3 is 5.97 Å². The van der Waals surface area contributed by atoms with Gasteiger partial charge in [0.15, 0.2) is 5.78 Å². The van der Waals surface area contributed by atoms with Gasteiger partial charge in [-0.25, -0.2) is 0 Å². The molecule has 170 valence electrons. The van der Waals surface area contributed by atoms with Crippen molar-refractivity contribution in [3.05, 3.63) is 71.8 Å². The number of benzene rings is 2. The zero-order valence-corrected chi connectivity index (χ0v) is 19.6. The lowest BCUT2D eigenvalue weighted by Crippen LogP contribution is -2.25. The Balaban J connectivity index is 2.24. The van der Waals surface area contributed by atoms with E-state index in [0.29, 0.717) is 36.7 Å². The molecule has 0 bridgehead atoms. The molecule has 0 heterocycles. The Bertz CT molecular complexity index is 978. The molecule has 0 aliphatic carbocycles. The largest absolute Gasteiger partial charge is 0.493 e. The van der Waals surface area contributed by atoms with Gasteiger partial charge < -0.3 is 14.2 Å². The van der Waals surface area contributed by atoms with Crippen LogP contribution >= 0.6 is 0 Å². The fourth-order valence-electron chi connectivity index (χ4n) is 2.85. The Morgan fingerprint density at radius 1 is 0.969 bits per heavy atom. The van der Waals surface area contributed by atoms with Crippen molar-refractivity contribution < 1.29 is 23.8 Å². The monoisotopic (exact) mass is 436 g/mol. The normalized spacial score (nSPS) is 11.3. The Kier molecular flexibility index (Phi) is 8.82. The van der Waals surface area contributed by atoms with E-state index in [1.807, 2.05) is 32.1 Å². The van der Waals surface area contributed by atoms with Gasteiger partial charge in [-0.1, -0.05) is 6.08 Å². The van der Waals surface area contributed by atoms with Crippen LogP contribution in [-0.4, -0.2) is 25.0 Å². The van der Waals surface area contributed by atoms with Crippen molar-refractivity contribution >= 4 is 17.8 Å². The topological polar surface area (TPSA) is 61.8 Å². The van der Waals surface area contributed by atoms with Gasteiger partial charge in [0.05, 0.1) is 18.6 Å². The van der Waals surface area contributed by atoms with Crippen LogP contribution in [-0.2, 0) is 11.2 Å². The number of ketones is 1. The van der Waals surface area contributed by atoms with Crippen LogP contribution in [0.5, 0.6) is 17.2 Å². The number of ether oxygens (including phenoxy) is 3. The second-order valence-electron chi connectivity index (χ2n) is 8.22. The average molecular weight is 437 g/mol. The quantitative estimate of drug-likeness (QED) is 0.149. The SMILES string of the molecule is C=CCc1cc(C=CC(=O)c2ccc(OC(=O)C(C)(C)C)cc2)c(OCC)cc1OCC. The summed E-state index contributed by atoms with van der Waals surface area (Å²) in [5, 5.41) is 0. The van der Waals surface area contributed by atoms with Crippen molar-refractivity contribution in [1.82, 2.24) is 0 Å². The summed E-state index contributed by atoms with van der Waals surface area (Å²) in [6.45, 7) is 14.1. The first-order valence-corrected chi connectivity index (χ1v) is 10.8. The van der Waals surface area contributed by atoms with E-state index in [2.05, 4.69) is 6.58 Å². The Labute approximate surface area is 190 Å². The summed E-state index contributed by atoms with van der Waals surface area (Å²) in [6, 6.07) is 10.3. The molecule has 0 N–H and O–H groups in total. The maximum Gasteiger partial charge on any atom is 0.316 e. The molecule has 0 radical (unpaired) electrons. The Hall–Kier alpha value is -3.34. The number of allylic oxidation sites excluding steroid dienone is 2. The fourth-order valence-corrected chi connectivity index (χ4v) is 2.85. The van der Waals surface area contributed by atoms with E-state index in [0.717, 1.165) is 16.9 Å². The third-order valence-corrected chi connectivity index (χ3v) is 4.53. The molecule has 2 rings (SSSR count). The van der Waals surface area contributed by atoms with E-state index in [9.17, 15) is 9.59 Å². The molecular formula is C27H32O5. The van der Waals surface area contributed by atoms with Crippen LogP contribution in [0.3, 0.4) is 0 Å². The van der Waals surface area contributed by atoms with Crippen LogP contribution in [0.15, 0.2) is 55.1 Å². The summed E-state index contributed by atoms with van der Waals surface area (Å²) >= 11 is 0. The molecule has 0 atom stereocenters. The van der Waals surface area contributed by atoms with E-state index in [-0.39, 0.29) is 11.8 Å². The van der Waals surface area contributed by atoms with Crippen molar-refractivity contribution in [2.45, 2.75) is 41.0 Å². The maximum atomic E-state index is 12.7. The number of rotatable bonds is 10. The van der Waals surface area contributed by atoms with Gasteiger partial charge in [-0.15, -0.1) is 6.58 Å². The summed E-state index contributed by atoms with van der Waals surface area (Å²) in [5.41, 5.74) is 1.66. The third-order valence-electron chi connectivity index (χ3n) is 4.53. The minimum atomic E-state index is -0.600. The highest BCUT2D eigenvalue weighted by atomic mass is 16.5. The number of hydrogen-bond donors (Lipinski definition) is 0. The first-order valence-electron chi connectivity index (χ1n) is 10.8. The highest BCUT2D eigenvalue weighted by molar-refractivity contribution is 6.07. The molecule has 0 aliphatic heterocycles. The van der Waals surface area contributed by atoms with Crippen LogP contribution in [0, 0.1) is 5.41 Å². The molecule has 0 unspecified atom stereocenters. The number of esters is 1. The first kappa shape index (κ1) is 24.9. The molecule has 0 aliphatic rings. The molecular weight excluding hydrogens is 404 g/mol. The van der Waals surface area contributed by atoms with Crippen molar-refractivity contribution in [1.29, 1.82) is 0 Å². The van der Waals surface area contributed by atoms with Crippen LogP contribution in [0.1, 0.15) is 56.1 Å². The lowest BCUT2D eigenvalue weighted by atomic mass is 9.97. The van der Waals surface area contributed by atoms with Gasteiger partial charge in [-0.3, -0.25) is 9.59 Å². The molecule has 0 saturated carbocycles. The van der Waals surface area contributed by atoms with Crippen LogP contribution in [0.25, 0.3) is 6.08 Å². The standard InChI is InChI=1S/C27H32O5/c1-7-10-20-17-21(25(31-9-3)18-24(20)30-8-2)13-16-23(28)19-11-14-22(15-12-19)32-26(29)27(4,5)6/h7,11-18H,1,8-10H2,2-6H3. The van der Waals surface area contributed by atoms with Gasteiger partial charge in [0.25, 0.3) is 0 Å². The zero-order chi connectivity index (χ0) is 23.7. The minimum absolute atomic E-state index is 0.166. The molecule has 2 aromatic carbocycles. The summed E-state index contributed by atoms with van der Waals surface area (Å²) in [6.07, 6.45) is 5.70. The average Bonchev–Trinajstić information content (AvgIpc) is 2.74. The number of hydrogen-bond acceptors (Lipinski definition) is 5. The van der Waals surface area contributed by atoms with E-state index in [1.165, 1.54) is 6.08 Å². The van der Waals surface area contributed by atoms with Crippen molar-refractivity contribution in [3.8, 4) is 17.2 Å². The lowest BCUT2D eigenvalue weighted by Gasteiger charge is -2.16. The van der Waals surface area contributed by atoms with Gasteiger partial charge in [0.2, 0.25) is 0 Å². The van der Waals surface area contributed by atoms with Crippen LogP contribution in [0.2, 0.25) is 0 Å². The predicted octanol–water partition coefficient (Wildman–Crippen LogP) is 6.06. The molecule has 0 fully saturated rings. The summed E-state index contributed by atoms with van der Waals surface area (Å²) in [5.74, 6) is 1.31. The Morgan fingerprint density at radius 2 is 1.59 bits per heavy atom. The zero-order valence-electron chi connectivity index (χ0n) is 19.6. The Morgan fingerprint density at radius 3 is 2.16 bits per heavy atom. The van der Waals surface area contributed by atoms with Gasteiger partial charge in [0, 0.05) is 17.2 Å². The second-order valence-corrected chi connectivity index (χ2v) is 8.22. The van der Waals surface area contributed by atoms with E-state index in [4.69, 9.17) is 14.2 Å². The van der Waals surface area contributed by atoms with E-state index >= 15 is 0 Å². The van der Waals surface area contributed by atoms with Gasteiger partial charge in [-0.05, 0) is 89.1 Å². The lowest BCUT2D eigenvalue weighted by molar-refractivity contribution is -0.143.